The van der Waals surface area contributed by atoms with E-state index in [4.69, 9.17) is 0 Å². The van der Waals surface area contributed by atoms with Gasteiger partial charge >= 0.3 is 0 Å². The SMILES string of the molecule is CCCc1nc(C(=O)N2CCCC2)n[nH]1. The first-order valence-electron chi connectivity index (χ1n) is 5.52. The monoisotopic (exact) mass is 208 g/mol. The van der Waals surface area contributed by atoms with Crippen LogP contribution in [0.4, 0.5) is 0 Å². The molecule has 0 bridgehead atoms. The average Bonchev–Trinajstić information content (AvgIpc) is 2.87. The van der Waals surface area contributed by atoms with Crippen LogP contribution < -0.4 is 0 Å². The molecule has 1 fully saturated rings. The Hall–Kier alpha value is -1.39. The molecule has 1 saturated heterocycles. The summed E-state index contributed by atoms with van der Waals surface area (Å²) < 4.78 is 0. The van der Waals surface area contributed by atoms with Gasteiger partial charge in [0.15, 0.2) is 0 Å². The number of nitrogens with zero attached hydrogens (tertiary/aromatic N) is 3. The van der Waals surface area contributed by atoms with E-state index in [1.165, 1.54) is 0 Å². The molecule has 0 aliphatic carbocycles. The molecule has 0 aromatic carbocycles. The molecule has 1 aliphatic heterocycles. The van der Waals surface area contributed by atoms with Gasteiger partial charge in [-0.25, -0.2) is 4.98 Å². The van der Waals surface area contributed by atoms with Crippen molar-refractivity contribution in [3.05, 3.63) is 11.6 Å². The van der Waals surface area contributed by atoms with E-state index < -0.39 is 0 Å². The summed E-state index contributed by atoms with van der Waals surface area (Å²) in [4.78, 5) is 17.9. The zero-order valence-electron chi connectivity index (χ0n) is 8.99. The van der Waals surface area contributed by atoms with Crippen LogP contribution in [0.3, 0.4) is 0 Å². The maximum Gasteiger partial charge on any atom is 0.293 e. The zero-order chi connectivity index (χ0) is 10.7. The van der Waals surface area contributed by atoms with Crippen molar-refractivity contribution in [3.63, 3.8) is 0 Å². The largest absolute Gasteiger partial charge is 0.336 e. The fourth-order valence-corrected chi connectivity index (χ4v) is 1.80. The van der Waals surface area contributed by atoms with Crippen molar-refractivity contribution in [2.24, 2.45) is 0 Å². The molecule has 0 saturated carbocycles. The lowest BCUT2D eigenvalue weighted by Gasteiger charge is -2.11. The molecule has 2 heterocycles. The molecule has 5 heteroatoms. The molecule has 2 rings (SSSR count). The highest BCUT2D eigenvalue weighted by Gasteiger charge is 2.22. The minimum atomic E-state index is -0.0360. The van der Waals surface area contributed by atoms with Gasteiger partial charge in [0.05, 0.1) is 0 Å². The summed E-state index contributed by atoms with van der Waals surface area (Å²) >= 11 is 0. The van der Waals surface area contributed by atoms with Gasteiger partial charge in [0.2, 0.25) is 5.82 Å². The predicted octanol–water partition coefficient (Wildman–Crippen LogP) is 0.993. The van der Waals surface area contributed by atoms with Crippen molar-refractivity contribution < 1.29 is 4.79 Å². The van der Waals surface area contributed by atoms with Gasteiger partial charge in [-0.15, -0.1) is 5.10 Å². The van der Waals surface area contributed by atoms with Gasteiger partial charge < -0.3 is 4.90 Å². The normalized spacial score (nSPS) is 15.9. The molecule has 82 valence electrons. The Morgan fingerprint density at radius 3 is 2.87 bits per heavy atom. The Morgan fingerprint density at radius 1 is 1.47 bits per heavy atom. The molecule has 1 amide bonds. The van der Waals surface area contributed by atoms with E-state index in [0.717, 1.165) is 44.6 Å². The second-order valence-electron chi connectivity index (χ2n) is 3.86. The van der Waals surface area contributed by atoms with Crippen molar-refractivity contribution in [1.82, 2.24) is 20.1 Å². The molecule has 1 aromatic heterocycles. The van der Waals surface area contributed by atoms with E-state index in [9.17, 15) is 4.79 Å². The fourth-order valence-electron chi connectivity index (χ4n) is 1.80. The van der Waals surface area contributed by atoms with Crippen molar-refractivity contribution in [1.29, 1.82) is 0 Å². The first-order valence-corrected chi connectivity index (χ1v) is 5.52. The van der Waals surface area contributed by atoms with Crippen LogP contribution in [-0.2, 0) is 6.42 Å². The van der Waals surface area contributed by atoms with Gasteiger partial charge in [-0.2, -0.15) is 0 Å². The number of carbonyl (C=O) groups is 1. The third kappa shape index (κ3) is 2.16. The van der Waals surface area contributed by atoms with Gasteiger partial charge in [0.1, 0.15) is 5.82 Å². The number of amides is 1. The Labute approximate surface area is 88.9 Å². The second kappa shape index (κ2) is 4.42. The molecular weight excluding hydrogens is 192 g/mol. The third-order valence-corrected chi connectivity index (χ3v) is 2.60. The van der Waals surface area contributed by atoms with Gasteiger partial charge in [-0.3, -0.25) is 9.89 Å². The van der Waals surface area contributed by atoms with E-state index >= 15 is 0 Å². The Bertz CT molecular complexity index is 341. The summed E-state index contributed by atoms with van der Waals surface area (Å²) in [6.45, 7) is 3.76. The summed E-state index contributed by atoms with van der Waals surface area (Å²) in [5, 5.41) is 6.75. The molecule has 1 N–H and O–H groups in total. The van der Waals surface area contributed by atoms with Crippen LogP contribution in [0.5, 0.6) is 0 Å². The number of carbonyl (C=O) groups excluding carboxylic acids is 1. The summed E-state index contributed by atoms with van der Waals surface area (Å²) in [5.74, 6) is 1.09. The van der Waals surface area contributed by atoms with Crippen molar-refractivity contribution in [2.75, 3.05) is 13.1 Å². The van der Waals surface area contributed by atoms with Crippen molar-refractivity contribution >= 4 is 5.91 Å². The van der Waals surface area contributed by atoms with E-state index in [1.54, 1.807) is 0 Å². The topological polar surface area (TPSA) is 61.9 Å². The molecule has 1 aromatic rings. The number of hydrogen-bond acceptors (Lipinski definition) is 3. The molecule has 15 heavy (non-hydrogen) atoms. The summed E-state index contributed by atoms with van der Waals surface area (Å²) in [7, 11) is 0. The number of H-pyrrole nitrogens is 1. The van der Waals surface area contributed by atoms with Gasteiger partial charge in [-0.1, -0.05) is 6.92 Å². The minimum absolute atomic E-state index is 0.0360. The third-order valence-electron chi connectivity index (χ3n) is 2.60. The second-order valence-corrected chi connectivity index (χ2v) is 3.86. The van der Waals surface area contributed by atoms with Crippen LogP contribution >= 0.6 is 0 Å². The number of aromatic amines is 1. The van der Waals surface area contributed by atoms with E-state index in [0.29, 0.717) is 5.82 Å². The molecule has 0 unspecified atom stereocenters. The number of nitrogens with one attached hydrogen (secondary N) is 1. The quantitative estimate of drug-likeness (QED) is 0.805. The van der Waals surface area contributed by atoms with E-state index in [-0.39, 0.29) is 5.91 Å². The highest BCUT2D eigenvalue weighted by atomic mass is 16.2. The molecule has 5 nitrogen and oxygen atoms in total. The molecule has 0 atom stereocenters. The van der Waals surface area contributed by atoms with Crippen LogP contribution in [0, 0.1) is 0 Å². The fraction of sp³-hybridized carbons (Fsp3) is 0.700. The van der Waals surface area contributed by atoms with Crippen molar-refractivity contribution in [3.8, 4) is 0 Å². The van der Waals surface area contributed by atoms with Crippen LogP contribution in [0.25, 0.3) is 0 Å². The van der Waals surface area contributed by atoms with Crippen molar-refractivity contribution in [2.45, 2.75) is 32.6 Å². The molecule has 1 aliphatic rings. The Balaban J connectivity index is 2.04. The van der Waals surface area contributed by atoms with Crippen LogP contribution in [0.1, 0.15) is 42.6 Å². The smallest absolute Gasteiger partial charge is 0.293 e. The van der Waals surface area contributed by atoms with Gasteiger partial charge in [-0.05, 0) is 19.3 Å². The average molecular weight is 208 g/mol. The molecule has 0 spiro atoms. The maximum atomic E-state index is 11.8. The highest BCUT2D eigenvalue weighted by molar-refractivity contribution is 5.90. The Kier molecular flexibility index (Phi) is 2.99. The van der Waals surface area contributed by atoms with E-state index in [1.807, 2.05) is 4.90 Å². The van der Waals surface area contributed by atoms with E-state index in [2.05, 4.69) is 22.1 Å². The molecular formula is C10H16N4O. The number of aryl methyl sites for hydroxylation is 1. The van der Waals surface area contributed by atoms with Gasteiger partial charge in [0.25, 0.3) is 5.91 Å². The summed E-state index contributed by atoms with van der Waals surface area (Å²) in [5.41, 5.74) is 0. The lowest BCUT2D eigenvalue weighted by molar-refractivity contribution is 0.0781. The van der Waals surface area contributed by atoms with Crippen LogP contribution in [-0.4, -0.2) is 39.1 Å². The standard InChI is InChI=1S/C10H16N4O/c1-2-5-8-11-9(13-12-8)10(15)14-6-3-4-7-14/h2-7H2,1H3,(H,11,12,13). The zero-order valence-corrected chi connectivity index (χ0v) is 8.99. The lowest BCUT2D eigenvalue weighted by atomic mass is 10.3. The Morgan fingerprint density at radius 2 is 2.20 bits per heavy atom. The summed E-state index contributed by atoms with van der Waals surface area (Å²) in [6.07, 6.45) is 4.04. The first kappa shape index (κ1) is 10.1. The van der Waals surface area contributed by atoms with Crippen LogP contribution in [0.2, 0.25) is 0 Å². The number of hydrogen-bond donors (Lipinski definition) is 1. The number of likely N-dealkylation sites (tertiary alicyclic amines) is 1. The first-order chi connectivity index (χ1) is 7.31. The summed E-state index contributed by atoms with van der Waals surface area (Å²) in [6, 6.07) is 0. The minimum Gasteiger partial charge on any atom is -0.336 e. The maximum absolute atomic E-state index is 11.8. The van der Waals surface area contributed by atoms with Gasteiger partial charge in [0, 0.05) is 19.5 Å². The lowest BCUT2D eigenvalue weighted by Crippen LogP contribution is -2.28. The highest BCUT2D eigenvalue weighted by Crippen LogP contribution is 2.10. The number of aromatic nitrogens is 3. The number of rotatable bonds is 3. The molecule has 0 radical (unpaired) electrons. The van der Waals surface area contributed by atoms with Crippen LogP contribution in [0.15, 0.2) is 0 Å². The predicted molar refractivity (Wildman–Crippen MR) is 55.5 cm³/mol.